The molecular weight excluding hydrogens is 220 g/mol. The molecule has 1 unspecified atom stereocenters. The van der Waals surface area contributed by atoms with Gasteiger partial charge in [-0.15, -0.1) is 0 Å². The molecule has 0 aromatic carbocycles. The highest BCUT2D eigenvalue weighted by Gasteiger charge is 2.21. The molecule has 0 heterocycles. The number of rotatable bonds is 11. The Bertz CT molecular complexity index is 182. The SMILES string of the molecule is CCCC(CCN)CCCNCC(C)(C)C(C)C. The molecule has 0 fully saturated rings. The lowest BCUT2D eigenvalue weighted by Gasteiger charge is -2.29. The van der Waals surface area contributed by atoms with Crippen LogP contribution in [0.25, 0.3) is 0 Å². The zero-order valence-electron chi connectivity index (χ0n) is 13.4. The van der Waals surface area contributed by atoms with E-state index in [4.69, 9.17) is 5.73 Å². The molecule has 0 amide bonds. The Morgan fingerprint density at radius 3 is 2.28 bits per heavy atom. The molecule has 18 heavy (non-hydrogen) atoms. The predicted molar refractivity (Wildman–Crippen MR) is 82.8 cm³/mol. The summed E-state index contributed by atoms with van der Waals surface area (Å²) in [5.74, 6) is 1.58. The second-order valence-electron chi connectivity index (χ2n) is 6.69. The van der Waals surface area contributed by atoms with E-state index in [0.717, 1.165) is 31.5 Å². The maximum Gasteiger partial charge on any atom is 0.000496 e. The van der Waals surface area contributed by atoms with Crippen molar-refractivity contribution >= 4 is 0 Å². The van der Waals surface area contributed by atoms with Gasteiger partial charge in [0.15, 0.2) is 0 Å². The molecular formula is C16H36N2. The standard InChI is InChI=1S/C16H36N2/c1-6-8-15(10-11-17)9-7-12-18-13-16(4,5)14(2)3/h14-15,18H,6-13,17H2,1-5H3. The van der Waals surface area contributed by atoms with Crippen LogP contribution in [0.5, 0.6) is 0 Å². The van der Waals surface area contributed by atoms with E-state index in [0.29, 0.717) is 5.41 Å². The zero-order valence-corrected chi connectivity index (χ0v) is 13.4. The minimum atomic E-state index is 0.403. The molecule has 2 heteroatoms. The van der Waals surface area contributed by atoms with Crippen LogP contribution in [0.1, 0.15) is 66.7 Å². The zero-order chi connectivity index (χ0) is 14.0. The molecule has 0 aliphatic rings. The molecule has 0 spiro atoms. The number of nitrogens with one attached hydrogen (secondary N) is 1. The van der Waals surface area contributed by atoms with Gasteiger partial charge in [0.25, 0.3) is 0 Å². The Hall–Kier alpha value is -0.0800. The molecule has 110 valence electrons. The molecule has 0 aromatic heterocycles. The summed E-state index contributed by atoms with van der Waals surface area (Å²) < 4.78 is 0. The highest BCUT2D eigenvalue weighted by Crippen LogP contribution is 2.24. The van der Waals surface area contributed by atoms with Gasteiger partial charge in [-0.05, 0) is 49.6 Å². The van der Waals surface area contributed by atoms with E-state index in [2.05, 4.69) is 39.9 Å². The lowest BCUT2D eigenvalue weighted by Crippen LogP contribution is -2.34. The van der Waals surface area contributed by atoms with Crippen LogP contribution >= 0.6 is 0 Å². The molecule has 0 aliphatic heterocycles. The first-order valence-corrected chi connectivity index (χ1v) is 7.84. The summed E-state index contributed by atoms with van der Waals surface area (Å²) in [4.78, 5) is 0. The van der Waals surface area contributed by atoms with Crippen molar-refractivity contribution in [2.24, 2.45) is 23.0 Å². The minimum absolute atomic E-state index is 0.403. The summed E-state index contributed by atoms with van der Waals surface area (Å²) in [5, 5.41) is 3.62. The van der Waals surface area contributed by atoms with Crippen molar-refractivity contribution in [1.29, 1.82) is 0 Å². The fraction of sp³-hybridized carbons (Fsp3) is 1.00. The summed E-state index contributed by atoms with van der Waals surface area (Å²) in [6, 6.07) is 0. The van der Waals surface area contributed by atoms with Crippen LogP contribution in [-0.2, 0) is 0 Å². The summed E-state index contributed by atoms with van der Waals surface area (Å²) in [5.41, 5.74) is 6.07. The lowest BCUT2D eigenvalue weighted by molar-refractivity contribution is 0.237. The third-order valence-electron chi connectivity index (χ3n) is 4.38. The van der Waals surface area contributed by atoms with Crippen molar-refractivity contribution < 1.29 is 0 Å². The van der Waals surface area contributed by atoms with Crippen LogP contribution in [0.15, 0.2) is 0 Å². The van der Waals surface area contributed by atoms with Crippen LogP contribution in [-0.4, -0.2) is 19.6 Å². The predicted octanol–water partition coefficient (Wildman–Crippen LogP) is 3.80. The molecule has 0 saturated heterocycles. The van der Waals surface area contributed by atoms with Crippen LogP contribution in [0.4, 0.5) is 0 Å². The van der Waals surface area contributed by atoms with Gasteiger partial charge >= 0.3 is 0 Å². The molecule has 0 saturated carbocycles. The van der Waals surface area contributed by atoms with Gasteiger partial charge in [-0.1, -0.05) is 47.5 Å². The fourth-order valence-electron chi connectivity index (χ4n) is 2.21. The molecule has 0 aromatic rings. The summed E-state index contributed by atoms with van der Waals surface area (Å²) in [6.07, 6.45) is 6.46. The van der Waals surface area contributed by atoms with Crippen LogP contribution in [0, 0.1) is 17.3 Å². The van der Waals surface area contributed by atoms with E-state index < -0.39 is 0 Å². The maximum atomic E-state index is 5.66. The topological polar surface area (TPSA) is 38.0 Å². The van der Waals surface area contributed by atoms with Gasteiger partial charge in [-0.3, -0.25) is 0 Å². The second-order valence-corrected chi connectivity index (χ2v) is 6.69. The van der Waals surface area contributed by atoms with Crippen molar-refractivity contribution in [2.75, 3.05) is 19.6 Å². The first-order valence-electron chi connectivity index (χ1n) is 7.84. The highest BCUT2D eigenvalue weighted by atomic mass is 14.9. The Morgan fingerprint density at radius 2 is 1.78 bits per heavy atom. The molecule has 0 rings (SSSR count). The average molecular weight is 256 g/mol. The van der Waals surface area contributed by atoms with Crippen molar-refractivity contribution in [3.8, 4) is 0 Å². The first kappa shape index (κ1) is 17.9. The van der Waals surface area contributed by atoms with E-state index in [-0.39, 0.29) is 0 Å². The molecule has 0 aliphatic carbocycles. The average Bonchev–Trinajstić information content (AvgIpc) is 2.28. The van der Waals surface area contributed by atoms with E-state index in [1.54, 1.807) is 0 Å². The summed E-state index contributed by atoms with van der Waals surface area (Å²) in [6.45, 7) is 14.7. The summed E-state index contributed by atoms with van der Waals surface area (Å²) >= 11 is 0. The van der Waals surface area contributed by atoms with Crippen molar-refractivity contribution in [1.82, 2.24) is 5.32 Å². The monoisotopic (exact) mass is 256 g/mol. The quantitative estimate of drug-likeness (QED) is 0.552. The molecule has 0 bridgehead atoms. The van der Waals surface area contributed by atoms with E-state index in [1.165, 1.54) is 32.1 Å². The van der Waals surface area contributed by atoms with Gasteiger partial charge in [0, 0.05) is 6.54 Å². The van der Waals surface area contributed by atoms with Gasteiger partial charge in [0.1, 0.15) is 0 Å². The molecule has 0 radical (unpaired) electrons. The third-order valence-corrected chi connectivity index (χ3v) is 4.38. The molecule has 2 nitrogen and oxygen atoms in total. The summed E-state index contributed by atoms with van der Waals surface area (Å²) in [7, 11) is 0. The normalized spacial score (nSPS) is 14.2. The Kier molecular flexibility index (Phi) is 9.76. The van der Waals surface area contributed by atoms with E-state index in [1.807, 2.05) is 0 Å². The van der Waals surface area contributed by atoms with Gasteiger partial charge in [0.2, 0.25) is 0 Å². The minimum Gasteiger partial charge on any atom is -0.330 e. The number of hydrogen-bond acceptors (Lipinski definition) is 2. The van der Waals surface area contributed by atoms with E-state index in [9.17, 15) is 0 Å². The Morgan fingerprint density at radius 1 is 1.11 bits per heavy atom. The largest absolute Gasteiger partial charge is 0.330 e. The van der Waals surface area contributed by atoms with Gasteiger partial charge in [-0.2, -0.15) is 0 Å². The van der Waals surface area contributed by atoms with Gasteiger partial charge in [0.05, 0.1) is 0 Å². The van der Waals surface area contributed by atoms with Crippen LogP contribution in [0.2, 0.25) is 0 Å². The fourth-order valence-corrected chi connectivity index (χ4v) is 2.21. The van der Waals surface area contributed by atoms with Crippen molar-refractivity contribution in [3.63, 3.8) is 0 Å². The smallest absolute Gasteiger partial charge is 0.000496 e. The van der Waals surface area contributed by atoms with Crippen LogP contribution < -0.4 is 11.1 Å². The second kappa shape index (κ2) is 9.80. The number of hydrogen-bond donors (Lipinski definition) is 2. The highest BCUT2D eigenvalue weighted by molar-refractivity contribution is 4.74. The molecule has 3 N–H and O–H groups in total. The third kappa shape index (κ3) is 8.10. The van der Waals surface area contributed by atoms with E-state index >= 15 is 0 Å². The van der Waals surface area contributed by atoms with Crippen molar-refractivity contribution in [2.45, 2.75) is 66.7 Å². The maximum absolute atomic E-state index is 5.66. The van der Waals surface area contributed by atoms with Crippen molar-refractivity contribution in [3.05, 3.63) is 0 Å². The van der Waals surface area contributed by atoms with Gasteiger partial charge < -0.3 is 11.1 Å². The first-order chi connectivity index (χ1) is 8.44. The van der Waals surface area contributed by atoms with Gasteiger partial charge in [-0.25, -0.2) is 0 Å². The lowest BCUT2D eigenvalue weighted by atomic mass is 9.81. The molecule has 1 atom stereocenters. The Labute approximate surface area is 115 Å². The van der Waals surface area contributed by atoms with Crippen LogP contribution in [0.3, 0.4) is 0 Å². The number of nitrogens with two attached hydrogens (primary N) is 1. The Balaban J connectivity index is 3.65.